The number of carbonyl (C=O) groups excluding carboxylic acids is 3. The molecule has 2 aromatic carbocycles. The topological polar surface area (TPSA) is 125 Å². The molecule has 1 aliphatic carbocycles. The summed E-state index contributed by atoms with van der Waals surface area (Å²) in [6, 6.07) is 12.5. The number of amides is 3. The van der Waals surface area contributed by atoms with Crippen molar-refractivity contribution in [3.63, 3.8) is 0 Å². The van der Waals surface area contributed by atoms with Crippen molar-refractivity contribution in [1.29, 1.82) is 0 Å². The van der Waals surface area contributed by atoms with Gasteiger partial charge in [0.05, 0.1) is 20.6 Å². The summed E-state index contributed by atoms with van der Waals surface area (Å²) < 4.78 is 10.4. The molecule has 2 unspecified atom stereocenters. The molecule has 4 rings (SSSR count). The van der Waals surface area contributed by atoms with E-state index in [-0.39, 0.29) is 25.4 Å². The van der Waals surface area contributed by atoms with Crippen LogP contribution >= 0.6 is 0 Å². The summed E-state index contributed by atoms with van der Waals surface area (Å²) in [6.07, 6.45) is 3.22. The highest BCUT2D eigenvalue weighted by atomic mass is 16.5. The third kappa shape index (κ3) is 6.50. The number of aliphatic carboxylic acids is 1. The minimum atomic E-state index is -1.24. The lowest BCUT2D eigenvalue weighted by molar-refractivity contribution is -0.138. The summed E-state index contributed by atoms with van der Waals surface area (Å²) in [5, 5.41) is 12.5. The van der Waals surface area contributed by atoms with Gasteiger partial charge < -0.3 is 29.7 Å². The van der Waals surface area contributed by atoms with E-state index in [9.17, 15) is 24.3 Å². The van der Waals surface area contributed by atoms with Gasteiger partial charge in [-0.3, -0.25) is 19.2 Å². The molecule has 0 bridgehead atoms. The number of nitrogens with zero attached hydrogens (tertiary/aromatic N) is 2. The van der Waals surface area contributed by atoms with Crippen molar-refractivity contribution >= 4 is 23.7 Å². The number of benzene rings is 2. The summed E-state index contributed by atoms with van der Waals surface area (Å²) in [4.78, 5) is 55.5. The van der Waals surface area contributed by atoms with E-state index in [0.29, 0.717) is 22.6 Å². The number of carboxylic acids is 1. The number of hydrogen-bond acceptors (Lipinski definition) is 6. The number of carboxylic acid groups (broad SMARTS) is 1. The van der Waals surface area contributed by atoms with Crippen LogP contribution in [0.2, 0.25) is 0 Å². The van der Waals surface area contributed by atoms with Gasteiger partial charge in [0.2, 0.25) is 0 Å². The first-order valence-electron chi connectivity index (χ1n) is 13.2. The second-order valence-electron chi connectivity index (χ2n) is 9.94. The average Bonchev–Trinajstić information content (AvgIpc) is 3.41. The molecule has 2 N–H and O–H groups in total. The van der Waals surface area contributed by atoms with Crippen molar-refractivity contribution in [2.24, 2.45) is 5.92 Å². The smallest absolute Gasteiger partial charge is 0.305 e. The quantitative estimate of drug-likeness (QED) is 0.503. The molecule has 2 aliphatic rings. The van der Waals surface area contributed by atoms with Crippen molar-refractivity contribution in [2.75, 3.05) is 27.3 Å². The van der Waals surface area contributed by atoms with Gasteiger partial charge in [0.15, 0.2) is 6.17 Å². The maximum Gasteiger partial charge on any atom is 0.305 e. The highest BCUT2D eigenvalue weighted by Gasteiger charge is 2.44. The van der Waals surface area contributed by atoms with Crippen LogP contribution in [0.1, 0.15) is 59.2 Å². The Labute approximate surface area is 227 Å². The summed E-state index contributed by atoms with van der Waals surface area (Å²) in [5.74, 6) is -1.31. The van der Waals surface area contributed by atoms with E-state index in [1.807, 2.05) is 0 Å². The van der Waals surface area contributed by atoms with Crippen LogP contribution in [-0.2, 0) is 9.59 Å². The van der Waals surface area contributed by atoms with Crippen molar-refractivity contribution in [3.8, 4) is 11.5 Å². The second kappa shape index (κ2) is 12.6. The van der Waals surface area contributed by atoms with Gasteiger partial charge in [-0.25, -0.2) is 0 Å². The minimum Gasteiger partial charge on any atom is -0.497 e. The largest absolute Gasteiger partial charge is 0.497 e. The third-order valence-corrected chi connectivity index (χ3v) is 7.52. The van der Waals surface area contributed by atoms with E-state index in [1.54, 1.807) is 48.5 Å². The zero-order valence-corrected chi connectivity index (χ0v) is 22.3. The molecule has 3 amide bonds. The normalized spacial score (nSPS) is 18.4. The van der Waals surface area contributed by atoms with Gasteiger partial charge in [-0.05, 0) is 61.2 Å². The molecule has 10 heteroatoms. The van der Waals surface area contributed by atoms with E-state index in [2.05, 4.69) is 5.32 Å². The van der Waals surface area contributed by atoms with Crippen LogP contribution in [0.4, 0.5) is 0 Å². The number of carbonyl (C=O) groups is 4. The van der Waals surface area contributed by atoms with Crippen molar-refractivity contribution in [2.45, 2.75) is 50.7 Å². The fraction of sp³-hybridized carbons (Fsp3) is 0.448. The molecule has 1 heterocycles. The van der Waals surface area contributed by atoms with Crippen LogP contribution in [0.25, 0.3) is 0 Å². The van der Waals surface area contributed by atoms with Gasteiger partial charge in [-0.1, -0.05) is 25.3 Å². The Balaban J connectivity index is 1.64. The molecule has 2 atom stereocenters. The Morgan fingerprint density at radius 1 is 0.872 bits per heavy atom. The Bertz CT molecular complexity index is 1190. The predicted octanol–water partition coefficient (Wildman–Crippen LogP) is 3.17. The molecule has 1 saturated carbocycles. The lowest BCUT2D eigenvalue weighted by Gasteiger charge is -2.34. The van der Waals surface area contributed by atoms with Crippen LogP contribution in [-0.4, -0.2) is 78.1 Å². The maximum absolute atomic E-state index is 13.9. The molecule has 39 heavy (non-hydrogen) atoms. The molecule has 2 aromatic rings. The number of ether oxygens (including phenoxy) is 2. The molecule has 2 fully saturated rings. The molecule has 0 radical (unpaired) electrons. The van der Waals surface area contributed by atoms with E-state index < -0.39 is 35.9 Å². The Morgan fingerprint density at radius 2 is 1.49 bits per heavy atom. The van der Waals surface area contributed by atoms with Gasteiger partial charge >= 0.3 is 5.97 Å². The van der Waals surface area contributed by atoms with Gasteiger partial charge in [-0.15, -0.1) is 0 Å². The fourth-order valence-electron chi connectivity index (χ4n) is 5.48. The van der Waals surface area contributed by atoms with Crippen LogP contribution in [0.15, 0.2) is 48.5 Å². The highest BCUT2D eigenvalue weighted by Crippen LogP contribution is 2.29. The van der Waals surface area contributed by atoms with E-state index >= 15 is 0 Å². The number of rotatable bonds is 9. The summed E-state index contributed by atoms with van der Waals surface area (Å²) in [6.45, 7) is 0.286. The Hall–Kier alpha value is -4.08. The third-order valence-electron chi connectivity index (χ3n) is 7.52. The Kier molecular flexibility index (Phi) is 9.06. The van der Waals surface area contributed by atoms with Crippen LogP contribution in [0, 0.1) is 5.92 Å². The SMILES string of the molecule is COc1ccc(C(=O)N2CCN(C(=O)c3cccc(OC)c3)C2C(=O)NC(CC(=O)O)C2CCCCC2)cc1. The van der Waals surface area contributed by atoms with Crippen LogP contribution in [0.5, 0.6) is 11.5 Å². The van der Waals surface area contributed by atoms with Gasteiger partial charge in [0.1, 0.15) is 11.5 Å². The van der Waals surface area contributed by atoms with Crippen LogP contribution < -0.4 is 14.8 Å². The van der Waals surface area contributed by atoms with Crippen molar-refractivity contribution in [1.82, 2.24) is 15.1 Å². The van der Waals surface area contributed by atoms with Gasteiger partial charge in [0, 0.05) is 30.3 Å². The number of methoxy groups -OCH3 is 2. The standard InChI is InChI=1S/C29H35N3O7/c1-38-22-13-11-20(12-14-22)28(36)31-15-16-32(29(37)21-9-6-10-23(17-21)39-2)27(31)26(35)30-24(18-25(33)34)19-7-4-3-5-8-19/h6,9-14,17,19,24,27H,3-5,7-8,15-16,18H2,1-2H3,(H,30,35)(H,33,34). The zero-order valence-electron chi connectivity index (χ0n) is 22.3. The molecule has 1 aliphatic heterocycles. The Morgan fingerprint density at radius 3 is 2.08 bits per heavy atom. The van der Waals surface area contributed by atoms with Crippen molar-refractivity contribution < 1.29 is 33.8 Å². The average molecular weight is 538 g/mol. The second-order valence-corrected chi connectivity index (χ2v) is 9.94. The van der Waals surface area contributed by atoms with Gasteiger partial charge in [-0.2, -0.15) is 0 Å². The van der Waals surface area contributed by atoms with Crippen molar-refractivity contribution in [3.05, 3.63) is 59.7 Å². The lowest BCUT2D eigenvalue weighted by Crippen LogP contribution is -2.56. The highest BCUT2D eigenvalue weighted by molar-refractivity contribution is 6.02. The molecule has 208 valence electrons. The van der Waals surface area contributed by atoms with E-state index in [1.165, 1.54) is 24.0 Å². The lowest BCUT2D eigenvalue weighted by atomic mass is 9.82. The first-order valence-corrected chi connectivity index (χ1v) is 13.2. The monoisotopic (exact) mass is 537 g/mol. The number of nitrogens with one attached hydrogen (secondary N) is 1. The summed E-state index contributed by atoms with van der Waals surface area (Å²) in [7, 11) is 3.03. The van der Waals surface area contributed by atoms with E-state index in [4.69, 9.17) is 9.47 Å². The molecule has 10 nitrogen and oxygen atoms in total. The molecular formula is C29H35N3O7. The van der Waals surface area contributed by atoms with Crippen LogP contribution in [0.3, 0.4) is 0 Å². The summed E-state index contributed by atoms with van der Waals surface area (Å²) >= 11 is 0. The zero-order chi connectivity index (χ0) is 27.9. The first kappa shape index (κ1) is 27.9. The first-order chi connectivity index (χ1) is 18.8. The predicted molar refractivity (Wildman–Crippen MR) is 143 cm³/mol. The molecular weight excluding hydrogens is 502 g/mol. The van der Waals surface area contributed by atoms with Gasteiger partial charge in [0.25, 0.3) is 17.7 Å². The maximum atomic E-state index is 13.9. The minimum absolute atomic E-state index is 0.0217. The molecule has 1 saturated heterocycles. The fourth-order valence-corrected chi connectivity index (χ4v) is 5.48. The molecule has 0 spiro atoms. The molecule has 0 aromatic heterocycles. The van der Waals surface area contributed by atoms with E-state index in [0.717, 1.165) is 32.1 Å². The number of hydrogen-bond donors (Lipinski definition) is 2. The summed E-state index contributed by atoms with van der Waals surface area (Å²) in [5.41, 5.74) is 0.666.